The quantitative estimate of drug-likeness (QED) is 0.123. The van der Waals surface area contributed by atoms with E-state index in [9.17, 15) is 4.79 Å². The monoisotopic (exact) mass is 409 g/mol. The average molecular weight is 409 g/mol. The predicted molar refractivity (Wildman–Crippen MR) is 114 cm³/mol. The summed E-state index contributed by atoms with van der Waals surface area (Å²) in [6.45, 7) is 0.943. The molecule has 0 aliphatic rings. The second kappa shape index (κ2) is 14.5. The van der Waals surface area contributed by atoms with Crippen LogP contribution in [0.1, 0.15) is 44.1 Å². The molecule has 158 valence electrons. The van der Waals surface area contributed by atoms with Crippen LogP contribution in [0, 0.1) is 11.5 Å². The molecule has 0 spiro atoms. The van der Waals surface area contributed by atoms with Crippen molar-refractivity contribution in [3.63, 3.8) is 0 Å². The fourth-order valence-electron chi connectivity index (χ4n) is 2.58. The van der Waals surface area contributed by atoms with Gasteiger partial charge in [-0.15, -0.1) is 0 Å². The van der Waals surface area contributed by atoms with E-state index < -0.39 is 0 Å². The predicted octanol–water partition coefficient (Wildman–Crippen LogP) is 2.90. The van der Waals surface area contributed by atoms with Gasteiger partial charge >= 0.3 is 0 Å². The number of unbranched alkanes of at least 4 members (excludes halogenated alkanes) is 4. The number of rotatable bonds is 12. The lowest BCUT2D eigenvalue weighted by Gasteiger charge is -2.07. The molecule has 0 saturated heterocycles. The number of hydroxylamine groups is 1. The Morgan fingerprint density at radius 3 is 2.40 bits per heavy atom. The minimum absolute atomic E-state index is 0.108. The van der Waals surface area contributed by atoms with Gasteiger partial charge in [-0.2, -0.15) is 5.26 Å². The van der Waals surface area contributed by atoms with Gasteiger partial charge in [-0.3, -0.25) is 29.9 Å². The highest BCUT2D eigenvalue weighted by atomic mass is 16.6. The molecule has 0 bridgehead atoms. The van der Waals surface area contributed by atoms with Gasteiger partial charge in [0.1, 0.15) is 0 Å². The number of nitrogens with zero attached hydrogens (tertiary/aromatic N) is 4. The maximum absolute atomic E-state index is 11.7. The van der Waals surface area contributed by atoms with Gasteiger partial charge in [0, 0.05) is 43.4 Å². The molecule has 2 heterocycles. The van der Waals surface area contributed by atoms with Gasteiger partial charge in [0.2, 0.25) is 11.9 Å². The van der Waals surface area contributed by atoms with Gasteiger partial charge < -0.3 is 5.32 Å². The molecular weight excluding hydrogens is 382 g/mol. The normalized spacial score (nSPS) is 10.8. The van der Waals surface area contributed by atoms with Gasteiger partial charge in [0.15, 0.2) is 6.19 Å². The fourth-order valence-corrected chi connectivity index (χ4v) is 2.58. The van der Waals surface area contributed by atoms with Crippen LogP contribution in [0.25, 0.3) is 0 Å². The van der Waals surface area contributed by atoms with Crippen LogP contribution in [0.2, 0.25) is 0 Å². The summed E-state index contributed by atoms with van der Waals surface area (Å²) in [6, 6.07) is 7.28. The lowest BCUT2D eigenvalue weighted by atomic mass is 10.1. The summed E-state index contributed by atoms with van der Waals surface area (Å²) < 4.78 is 0. The van der Waals surface area contributed by atoms with Crippen molar-refractivity contribution >= 4 is 17.6 Å². The van der Waals surface area contributed by atoms with Crippen molar-refractivity contribution in [1.29, 1.82) is 5.26 Å². The van der Waals surface area contributed by atoms with E-state index >= 15 is 0 Å². The first kappa shape index (κ1) is 22.8. The van der Waals surface area contributed by atoms with E-state index in [1.807, 2.05) is 18.3 Å². The number of hydrogen-bond acceptors (Lipinski definition) is 6. The first-order valence-corrected chi connectivity index (χ1v) is 9.94. The summed E-state index contributed by atoms with van der Waals surface area (Å²) in [4.78, 5) is 29.2. The number of nitriles is 1. The molecule has 0 radical (unpaired) electrons. The van der Waals surface area contributed by atoms with Crippen molar-refractivity contribution in [3.8, 4) is 6.19 Å². The highest BCUT2D eigenvalue weighted by molar-refractivity contribution is 5.94. The van der Waals surface area contributed by atoms with Crippen LogP contribution in [0.4, 0.5) is 5.69 Å². The molecule has 9 nitrogen and oxygen atoms in total. The molecular formula is C21H27N7O2. The molecule has 2 aromatic rings. The number of amides is 1. The van der Waals surface area contributed by atoms with Gasteiger partial charge in [-0.1, -0.05) is 19.3 Å². The molecule has 0 unspecified atom stereocenters. The SMILES string of the molecule is N#CNC(=NCCCCCCCC(=O)NOCc1ccncc1)Nc1ccncc1. The molecule has 0 aliphatic carbocycles. The largest absolute Gasteiger partial charge is 0.325 e. The second-order valence-electron chi connectivity index (χ2n) is 6.52. The van der Waals surface area contributed by atoms with Gasteiger partial charge in [0.25, 0.3) is 0 Å². The second-order valence-corrected chi connectivity index (χ2v) is 6.52. The van der Waals surface area contributed by atoms with Crippen molar-refractivity contribution in [2.75, 3.05) is 11.9 Å². The highest BCUT2D eigenvalue weighted by Crippen LogP contribution is 2.07. The Labute approximate surface area is 176 Å². The summed E-state index contributed by atoms with van der Waals surface area (Å²) in [5, 5.41) is 14.4. The third-order valence-electron chi connectivity index (χ3n) is 4.12. The molecule has 1 amide bonds. The Kier molecular flexibility index (Phi) is 11.0. The van der Waals surface area contributed by atoms with Crippen molar-refractivity contribution in [2.24, 2.45) is 4.99 Å². The van der Waals surface area contributed by atoms with Crippen molar-refractivity contribution in [1.82, 2.24) is 20.8 Å². The zero-order valence-electron chi connectivity index (χ0n) is 16.9. The Balaban J connectivity index is 1.49. The van der Waals surface area contributed by atoms with Crippen LogP contribution >= 0.6 is 0 Å². The zero-order valence-corrected chi connectivity index (χ0v) is 16.9. The number of aromatic nitrogens is 2. The lowest BCUT2D eigenvalue weighted by Crippen LogP contribution is -2.27. The van der Waals surface area contributed by atoms with E-state index in [2.05, 4.69) is 31.1 Å². The number of hydrogen-bond donors (Lipinski definition) is 3. The molecule has 30 heavy (non-hydrogen) atoms. The number of carbonyl (C=O) groups is 1. The Morgan fingerprint density at radius 1 is 1.00 bits per heavy atom. The van der Waals surface area contributed by atoms with E-state index in [-0.39, 0.29) is 5.91 Å². The maximum Gasteiger partial charge on any atom is 0.243 e. The molecule has 2 aromatic heterocycles. The number of anilines is 1. The highest BCUT2D eigenvalue weighted by Gasteiger charge is 2.02. The van der Waals surface area contributed by atoms with E-state index in [0.717, 1.165) is 43.4 Å². The lowest BCUT2D eigenvalue weighted by molar-refractivity contribution is -0.134. The number of aliphatic imine (C=N–C) groups is 1. The summed E-state index contributed by atoms with van der Waals surface area (Å²) in [5.74, 6) is 0.315. The first-order valence-electron chi connectivity index (χ1n) is 9.94. The average Bonchev–Trinajstić information content (AvgIpc) is 2.77. The molecule has 0 fully saturated rings. The molecule has 9 heteroatoms. The summed E-state index contributed by atoms with van der Waals surface area (Å²) in [5.41, 5.74) is 4.24. The maximum atomic E-state index is 11.7. The minimum atomic E-state index is -0.108. The number of pyridine rings is 2. The first-order chi connectivity index (χ1) is 14.8. The van der Waals surface area contributed by atoms with Crippen LogP contribution < -0.4 is 16.1 Å². The molecule has 0 saturated carbocycles. The Morgan fingerprint density at radius 2 is 1.67 bits per heavy atom. The van der Waals surface area contributed by atoms with Crippen molar-refractivity contribution in [2.45, 2.75) is 45.1 Å². The van der Waals surface area contributed by atoms with E-state index in [4.69, 9.17) is 10.1 Å². The number of carbonyl (C=O) groups excluding carboxylic acids is 1. The van der Waals surface area contributed by atoms with Crippen LogP contribution in [-0.4, -0.2) is 28.4 Å². The summed E-state index contributed by atoms with van der Waals surface area (Å²) in [7, 11) is 0. The topological polar surface area (TPSA) is 124 Å². The van der Waals surface area contributed by atoms with Gasteiger partial charge in [-0.05, 0) is 42.7 Å². The van der Waals surface area contributed by atoms with Gasteiger partial charge in [0.05, 0.1) is 6.61 Å². The molecule has 0 atom stereocenters. The number of guanidine groups is 1. The van der Waals surface area contributed by atoms with Crippen molar-refractivity contribution < 1.29 is 9.63 Å². The van der Waals surface area contributed by atoms with Gasteiger partial charge in [-0.25, -0.2) is 5.48 Å². The van der Waals surface area contributed by atoms with E-state index in [1.165, 1.54) is 0 Å². The molecule has 3 N–H and O–H groups in total. The third-order valence-corrected chi connectivity index (χ3v) is 4.12. The summed E-state index contributed by atoms with van der Waals surface area (Å²) in [6.07, 6.45) is 13.8. The van der Waals surface area contributed by atoms with E-state index in [1.54, 1.807) is 36.9 Å². The van der Waals surface area contributed by atoms with Crippen LogP contribution in [0.3, 0.4) is 0 Å². The van der Waals surface area contributed by atoms with Crippen molar-refractivity contribution in [3.05, 3.63) is 54.6 Å². The third kappa shape index (κ3) is 10.1. The smallest absolute Gasteiger partial charge is 0.243 e. The standard InChI is InChI=1S/C21H27N7O2/c22-17-26-21(27-19-9-14-24-15-10-19)25-11-5-3-1-2-4-6-20(29)28-30-16-18-7-12-23-13-8-18/h7-10,12-15H,1-6,11,16H2,(H,28,29)(H2,24,25,26,27). The molecule has 0 aromatic carbocycles. The van der Waals surface area contributed by atoms with Crippen LogP contribution in [0.15, 0.2) is 54.0 Å². The fraction of sp³-hybridized carbons (Fsp3) is 0.381. The summed E-state index contributed by atoms with van der Waals surface area (Å²) >= 11 is 0. The van der Waals surface area contributed by atoms with Crippen LogP contribution in [0.5, 0.6) is 0 Å². The Bertz CT molecular complexity index is 807. The Hall–Kier alpha value is -3.51. The minimum Gasteiger partial charge on any atom is -0.325 e. The van der Waals surface area contributed by atoms with Crippen LogP contribution in [-0.2, 0) is 16.2 Å². The number of nitrogens with one attached hydrogen (secondary N) is 3. The zero-order chi connectivity index (χ0) is 21.3. The van der Waals surface area contributed by atoms with E-state index in [0.29, 0.717) is 25.5 Å². The molecule has 2 rings (SSSR count). The molecule has 0 aliphatic heterocycles.